The van der Waals surface area contributed by atoms with E-state index in [2.05, 4.69) is 4.98 Å². The second kappa shape index (κ2) is 4.71. The summed E-state index contributed by atoms with van der Waals surface area (Å²) >= 11 is 0. The predicted octanol–water partition coefficient (Wildman–Crippen LogP) is 2.01. The van der Waals surface area contributed by atoms with Crippen molar-refractivity contribution in [3.05, 3.63) is 64.5 Å². The Morgan fingerprint density at radius 2 is 1.95 bits per heavy atom. The minimum absolute atomic E-state index is 0.0142. The number of hydrogen-bond acceptors (Lipinski definition) is 4. The summed E-state index contributed by atoms with van der Waals surface area (Å²) in [7, 11) is 0. The lowest BCUT2D eigenvalue weighted by molar-refractivity contribution is -0.384. The molecule has 0 atom stereocenters. The Hall–Kier alpha value is -3.22. The topological polar surface area (TPSA) is 104 Å². The highest BCUT2D eigenvalue weighted by Gasteiger charge is 2.12. The van der Waals surface area contributed by atoms with E-state index in [0.717, 1.165) is 5.56 Å². The maximum atomic E-state index is 11.4. The molecule has 0 fully saturated rings. The lowest BCUT2D eigenvalue weighted by Crippen LogP contribution is -2.12. The number of primary amides is 1. The van der Waals surface area contributed by atoms with Crippen molar-refractivity contribution >= 4 is 17.2 Å². The zero-order valence-electron chi connectivity index (χ0n) is 10.8. The lowest BCUT2D eigenvalue weighted by atomic mass is 10.1. The molecule has 0 aliphatic rings. The van der Waals surface area contributed by atoms with Crippen LogP contribution in [0.1, 0.15) is 10.4 Å². The minimum Gasteiger partial charge on any atom is -0.365 e. The molecule has 104 valence electrons. The Kier molecular flexibility index (Phi) is 2.87. The molecule has 0 spiro atoms. The Morgan fingerprint density at radius 1 is 1.24 bits per heavy atom. The van der Waals surface area contributed by atoms with Gasteiger partial charge in [-0.1, -0.05) is 0 Å². The number of amides is 1. The van der Waals surface area contributed by atoms with Crippen LogP contribution in [0.3, 0.4) is 0 Å². The van der Waals surface area contributed by atoms with Crippen LogP contribution in [-0.2, 0) is 0 Å². The van der Waals surface area contributed by atoms with Gasteiger partial charge in [-0.2, -0.15) is 0 Å². The summed E-state index contributed by atoms with van der Waals surface area (Å²) in [4.78, 5) is 25.9. The highest BCUT2D eigenvalue weighted by molar-refractivity contribution is 5.98. The number of nitrogens with zero attached hydrogens (tertiary/aromatic N) is 3. The molecule has 3 aromatic rings. The van der Waals surface area contributed by atoms with Crippen LogP contribution < -0.4 is 5.73 Å². The molecule has 0 bridgehead atoms. The van der Waals surface area contributed by atoms with Crippen molar-refractivity contribution in [3.8, 4) is 11.3 Å². The molecule has 7 heteroatoms. The summed E-state index contributed by atoms with van der Waals surface area (Å²) in [5.41, 5.74) is 7.44. The first-order valence-corrected chi connectivity index (χ1v) is 6.08. The molecule has 0 aliphatic heterocycles. The van der Waals surface area contributed by atoms with Crippen molar-refractivity contribution in [2.75, 3.05) is 0 Å². The van der Waals surface area contributed by atoms with Crippen molar-refractivity contribution in [3.63, 3.8) is 0 Å². The molecule has 1 amide bonds. The number of benzene rings is 1. The third-order valence-electron chi connectivity index (χ3n) is 3.12. The molecule has 0 saturated carbocycles. The summed E-state index contributed by atoms with van der Waals surface area (Å²) in [5, 5.41) is 10.6. The first-order chi connectivity index (χ1) is 10.1. The zero-order chi connectivity index (χ0) is 15.0. The first-order valence-electron chi connectivity index (χ1n) is 6.08. The van der Waals surface area contributed by atoms with Crippen molar-refractivity contribution in [1.29, 1.82) is 0 Å². The van der Waals surface area contributed by atoms with Gasteiger partial charge in [0, 0.05) is 30.1 Å². The molecule has 0 saturated heterocycles. The van der Waals surface area contributed by atoms with Crippen LogP contribution in [0.4, 0.5) is 5.69 Å². The summed E-state index contributed by atoms with van der Waals surface area (Å²) < 4.78 is 1.69. The molecular formula is C14H10N4O3. The van der Waals surface area contributed by atoms with Crippen LogP contribution in [0.25, 0.3) is 16.9 Å². The van der Waals surface area contributed by atoms with Gasteiger partial charge in [-0.15, -0.1) is 0 Å². The monoisotopic (exact) mass is 282 g/mol. The number of aromatic nitrogens is 2. The molecule has 3 rings (SSSR count). The maximum Gasteiger partial charge on any atom is 0.269 e. The van der Waals surface area contributed by atoms with Gasteiger partial charge in [-0.05, 0) is 24.3 Å². The number of non-ortho nitro benzene ring substituents is 1. The number of nitrogens with two attached hydrogens (primary N) is 1. The van der Waals surface area contributed by atoms with Gasteiger partial charge >= 0.3 is 0 Å². The number of carbonyl (C=O) groups is 1. The van der Waals surface area contributed by atoms with Gasteiger partial charge in [0.05, 0.1) is 16.2 Å². The molecule has 7 nitrogen and oxygen atoms in total. The van der Waals surface area contributed by atoms with Crippen molar-refractivity contribution in [2.45, 2.75) is 0 Å². The van der Waals surface area contributed by atoms with Gasteiger partial charge in [0.1, 0.15) is 5.65 Å². The van der Waals surface area contributed by atoms with Crippen molar-refractivity contribution in [1.82, 2.24) is 9.38 Å². The Labute approximate surface area is 118 Å². The number of rotatable bonds is 3. The van der Waals surface area contributed by atoms with Gasteiger partial charge in [0.25, 0.3) is 11.6 Å². The SMILES string of the molecule is NC(=O)c1cccn2cc(-c3ccc([N+](=O)[O-])cc3)nc12. The molecule has 2 aromatic heterocycles. The van der Waals surface area contributed by atoms with Gasteiger partial charge in [-0.3, -0.25) is 14.9 Å². The standard InChI is InChI=1S/C14H10N4O3/c15-13(19)11-2-1-7-17-8-12(16-14(11)17)9-3-5-10(6-4-9)18(20)21/h1-8H,(H2,15,19). The average Bonchev–Trinajstić information content (AvgIpc) is 2.90. The second-order valence-corrected chi connectivity index (χ2v) is 4.45. The van der Waals surface area contributed by atoms with E-state index in [1.165, 1.54) is 12.1 Å². The quantitative estimate of drug-likeness (QED) is 0.586. The molecule has 2 heterocycles. The van der Waals surface area contributed by atoms with E-state index >= 15 is 0 Å². The third kappa shape index (κ3) is 2.20. The van der Waals surface area contributed by atoms with Crippen LogP contribution in [0.15, 0.2) is 48.8 Å². The average molecular weight is 282 g/mol. The van der Waals surface area contributed by atoms with Crippen LogP contribution >= 0.6 is 0 Å². The number of nitro benzene ring substituents is 1. The first kappa shape index (κ1) is 12.8. The number of fused-ring (bicyclic) bond motifs is 1. The highest BCUT2D eigenvalue weighted by Crippen LogP contribution is 2.23. The molecule has 0 aliphatic carbocycles. The lowest BCUT2D eigenvalue weighted by Gasteiger charge is -1.97. The predicted molar refractivity (Wildman–Crippen MR) is 75.8 cm³/mol. The normalized spacial score (nSPS) is 10.7. The molecule has 2 N–H and O–H groups in total. The molecule has 0 radical (unpaired) electrons. The fourth-order valence-electron chi connectivity index (χ4n) is 2.10. The van der Waals surface area contributed by atoms with Gasteiger partial charge < -0.3 is 10.1 Å². The number of imidazole rings is 1. The van der Waals surface area contributed by atoms with Gasteiger partial charge in [-0.25, -0.2) is 4.98 Å². The molecular weight excluding hydrogens is 272 g/mol. The summed E-state index contributed by atoms with van der Waals surface area (Å²) in [6, 6.07) is 9.36. The summed E-state index contributed by atoms with van der Waals surface area (Å²) in [6.45, 7) is 0. The van der Waals surface area contributed by atoms with E-state index in [-0.39, 0.29) is 5.69 Å². The molecule has 0 unspecified atom stereocenters. The van der Waals surface area contributed by atoms with Crippen molar-refractivity contribution < 1.29 is 9.72 Å². The Balaban J connectivity index is 2.11. The second-order valence-electron chi connectivity index (χ2n) is 4.45. The smallest absolute Gasteiger partial charge is 0.269 e. The Morgan fingerprint density at radius 3 is 2.57 bits per heavy atom. The fourth-order valence-corrected chi connectivity index (χ4v) is 2.10. The van der Waals surface area contributed by atoms with E-state index in [4.69, 9.17) is 5.73 Å². The summed E-state index contributed by atoms with van der Waals surface area (Å²) in [6.07, 6.45) is 3.49. The van der Waals surface area contributed by atoms with Gasteiger partial charge in [0.2, 0.25) is 0 Å². The van der Waals surface area contributed by atoms with E-state index in [1.807, 2.05) is 0 Å². The van der Waals surface area contributed by atoms with E-state index < -0.39 is 10.8 Å². The highest BCUT2D eigenvalue weighted by atomic mass is 16.6. The van der Waals surface area contributed by atoms with E-state index in [1.54, 1.807) is 41.1 Å². The maximum absolute atomic E-state index is 11.4. The largest absolute Gasteiger partial charge is 0.365 e. The van der Waals surface area contributed by atoms with Gasteiger partial charge in [0.15, 0.2) is 0 Å². The van der Waals surface area contributed by atoms with Crippen LogP contribution in [0.5, 0.6) is 0 Å². The Bertz CT molecular complexity index is 852. The fraction of sp³-hybridized carbons (Fsp3) is 0. The molecule has 21 heavy (non-hydrogen) atoms. The van der Waals surface area contributed by atoms with Crippen molar-refractivity contribution in [2.24, 2.45) is 5.73 Å². The van der Waals surface area contributed by atoms with Crippen LogP contribution in [0.2, 0.25) is 0 Å². The number of carbonyl (C=O) groups excluding carboxylic acids is 1. The summed E-state index contributed by atoms with van der Waals surface area (Å²) in [5.74, 6) is -0.554. The molecule has 1 aromatic carbocycles. The number of nitro groups is 1. The number of pyridine rings is 1. The zero-order valence-corrected chi connectivity index (χ0v) is 10.8. The number of hydrogen-bond donors (Lipinski definition) is 1. The van der Waals surface area contributed by atoms with E-state index in [9.17, 15) is 14.9 Å². The minimum atomic E-state index is -0.554. The van der Waals surface area contributed by atoms with Crippen LogP contribution in [0, 0.1) is 10.1 Å². The van der Waals surface area contributed by atoms with E-state index in [0.29, 0.717) is 16.9 Å². The third-order valence-corrected chi connectivity index (χ3v) is 3.12. The van der Waals surface area contributed by atoms with Crippen LogP contribution in [-0.4, -0.2) is 20.2 Å².